The van der Waals surface area contributed by atoms with E-state index in [0.29, 0.717) is 24.2 Å². The molecule has 2 aliphatic rings. The van der Waals surface area contributed by atoms with Gasteiger partial charge in [0.05, 0.1) is 11.1 Å². The van der Waals surface area contributed by atoms with Crippen LogP contribution in [0.3, 0.4) is 0 Å². The Kier molecular flexibility index (Phi) is 3.79. The maximum Gasteiger partial charge on any atom is 0.262 e. The molecule has 2 aromatic carbocycles. The summed E-state index contributed by atoms with van der Waals surface area (Å²) in [5.74, 6) is -0.969. The number of hydrogen-bond acceptors (Lipinski definition) is 3. The van der Waals surface area contributed by atoms with Gasteiger partial charge in [0.25, 0.3) is 11.8 Å². The van der Waals surface area contributed by atoms with E-state index in [2.05, 4.69) is 17.1 Å². The zero-order valence-corrected chi connectivity index (χ0v) is 15.3. The van der Waals surface area contributed by atoms with Crippen LogP contribution in [0.1, 0.15) is 32.0 Å². The first-order chi connectivity index (χ1) is 13.6. The molecule has 1 aromatic heterocycles. The van der Waals surface area contributed by atoms with E-state index in [4.69, 9.17) is 0 Å². The number of nitrogens with zero attached hydrogens (tertiary/aromatic N) is 2. The van der Waals surface area contributed by atoms with E-state index in [1.54, 1.807) is 29.2 Å². The molecule has 0 saturated heterocycles. The van der Waals surface area contributed by atoms with Gasteiger partial charge in [0.15, 0.2) is 0 Å². The zero-order valence-electron chi connectivity index (χ0n) is 15.3. The largest absolute Gasteiger partial charge is 0.358 e. The van der Waals surface area contributed by atoms with Gasteiger partial charge < -0.3 is 9.88 Å². The number of H-pyrrole nitrogens is 1. The summed E-state index contributed by atoms with van der Waals surface area (Å²) >= 11 is 0. The normalized spacial score (nSPS) is 16.3. The summed E-state index contributed by atoms with van der Waals surface area (Å²) in [5.41, 5.74) is 4.29. The third-order valence-corrected chi connectivity index (χ3v) is 5.69. The fourth-order valence-corrected chi connectivity index (χ4v) is 4.23. The van der Waals surface area contributed by atoms with E-state index in [1.165, 1.54) is 10.9 Å². The molecule has 2 aliphatic heterocycles. The highest BCUT2D eigenvalue weighted by Gasteiger charge is 2.37. The van der Waals surface area contributed by atoms with Crippen LogP contribution in [0.2, 0.25) is 0 Å². The predicted molar refractivity (Wildman–Crippen MR) is 104 cm³/mol. The van der Waals surface area contributed by atoms with Gasteiger partial charge in [0.1, 0.15) is 6.54 Å². The minimum Gasteiger partial charge on any atom is -0.358 e. The molecule has 6 heteroatoms. The summed E-state index contributed by atoms with van der Waals surface area (Å²) in [4.78, 5) is 44.1. The Morgan fingerprint density at radius 3 is 2.29 bits per heavy atom. The van der Waals surface area contributed by atoms with E-state index in [-0.39, 0.29) is 24.3 Å². The first kappa shape index (κ1) is 16.7. The molecule has 3 heterocycles. The van der Waals surface area contributed by atoms with Gasteiger partial charge in [0.2, 0.25) is 5.91 Å². The number of aromatic amines is 1. The molecule has 0 aliphatic carbocycles. The molecular weight excluding hydrogens is 354 g/mol. The lowest BCUT2D eigenvalue weighted by Crippen LogP contribution is -2.43. The highest BCUT2D eigenvalue weighted by molar-refractivity contribution is 6.22. The molecule has 28 heavy (non-hydrogen) atoms. The number of aromatic nitrogens is 1. The molecule has 0 radical (unpaired) electrons. The van der Waals surface area contributed by atoms with Gasteiger partial charge in [0, 0.05) is 36.1 Å². The number of fused-ring (bicyclic) bond motifs is 4. The van der Waals surface area contributed by atoms with Crippen LogP contribution in [-0.4, -0.2) is 52.1 Å². The smallest absolute Gasteiger partial charge is 0.262 e. The van der Waals surface area contributed by atoms with Crippen LogP contribution in [0.4, 0.5) is 0 Å². The first-order valence-electron chi connectivity index (χ1n) is 9.45. The number of imide groups is 1. The molecule has 140 valence electrons. The van der Waals surface area contributed by atoms with E-state index in [0.717, 1.165) is 29.0 Å². The molecule has 0 bridgehead atoms. The van der Waals surface area contributed by atoms with E-state index >= 15 is 0 Å². The standard InChI is InChI=1S/C22H19N3O3/c26-20(13-25-21(27)16-6-1-2-7-17(16)22(25)28)24-11-9-15-14-5-3-4-8-18(14)23-19(15)10-12-24/h1-8,23H,9-13H2. The van der Waals surface area contributed by atoms with E-state index < -0.39 is 0 Å². The van der Waals surface area contributed by atoms with Crippen LogP contribution in [-0.2, 0) is 17.6 Å². The minimum atomic E-state index is -0.389. The quantitative estimate of drug-likeness (QED) is 0.701. The van der Waals surface area contributed by atoms with Crippen LogP contribution in [0.15, 0.2) is 48.5 Å². The predicted octanol–water partition coefficient (Wildman–Crippen LogP) is 2.39. The van der Waals surface area contributed by atoms with Crippen molar-refractivity contribution in [1.29, 1.82) is 0 Å². The third kappa shape index (κ3) is 2.52. The molecule has 0 spiro atoms. The number of amides is 3. The van der Waals surface area contributed by atoms with Crippen LogP contribution < -0.4 is 0 Å². The summed E-state index contributed by atoms with van der Waals surface area (Å²) in [7, 11) is 0. The Morgan fingerprint density at radius 1 is 0.893 bits per heavy atom. The Morgan fingerprint density at radius 2 is 1.54 bits per heavy atom. The van der Waals surface area contributed by atoms with Gasteiger partial charge in [-0.05, 0) is 30.2 Å². The van der Waals surface area contributed by atoms with Crippen LogP contribution in [0.5, 0.6) is 0 Å². The number of para-hydroxylation sites is 1. The van der Waals surface area contributed by atoms with E-state index in [9.17, 15) is 14.4 Å². The fourth-order valence-electron chi connectivity index (χ4n) is 4.23. The number of carbonyl (C=O) groups is 3. The van der Waals surface area contributed by atoms with Gasteiger partial charge in [-0.15, -0.1) is 0 Å². The number of rotatable bonds is 2. The number of nitrogens with one attached hydrogen (secondary N) is 1. The van der Waals surface area contributed by atoms with Crippen LogP contribution in [0.25, 0.3) is 10.9 Å². The average molecular weight is 373 g/mol. The summed E-state index contributed by atoms with van der Waals surface area (Å²) < 4.78 is 0. The topological polar surface area (TPSA) is 73.5 Å². The Hall–Kier alpha value is -3.41. The molecule has 1 N–H and O–H groups in total. The maximum absolute atomic E-state index is 12.9. The molecule has 0 unspecified atom stereocenters. The average Bonchev–Trinajstić information content (AvgIpc) is 3.08. The van der Waals surface area contributed by atoms with Crippen molar-refractivity contribution in [2.45, 2.75) is 12.8 Å². The van der Waals surface area contributed by atoms with Gasteiger partial charge in [-0.25, -0.2) is 0 Å². The van der Waals surface area contributed by atoms with Crippen LogP contribution >= 0.6 is 0 Å². The first-order valence-corrected chi connectivity index (χ1v) is 9.45. The highest BCUT2D eigenvalue weighted by atomic mass is 16.2. The molecule has 0 saturated carbocycles. The summed E-state index contributed by atoms with van der Waals surface area (Å²) in [6.45, 7) is 0.944. The van der Waals surface area contributed by atoms with Crippen molar-refractivity contribution in [1.82, 2.24) is 14.8 Å². The summed E-state index contributed by atoms with van der Waals surface area (Å²) in [5, 5.41) is 1.20. The second-order valence-corrected chi connectivity index (χ2v) is 7.25. The summed E-state index contributed by atoms with van der Waals surface area (Å²) in [6, 6.07) is 14.9. The Labute approximate surface area is 161 Å². The monoisotopic (exact) mass is 373 g/mol. The molecule has 6 nitrogen and oxygen atoms in total. The molecule has 0 atom stereocenters. The maximum atomic E-state index is 12.9. The SMILES string of the molecule is O=C(CN1C(=O)c2ccccc2C1=O)N1CCc2[nH]c3ccccc3c2CC1. The van der Waals surface area contributed by atoms with Crippen molar-refractivity contribution in [3.63, 3.8) is 0 Å². The van der Waals surface area contributed by atoms with Crippen molar-refractivity contribution < 1.29 is 14.4 Å². The van der Waals surface area contributed by atoms with Crippen molar-refractivity contribution in [2.75, 3.05) is 19.6 Å². The molecule has 5 rings (SSSR count). The van der Waals surface area contributed by atoms with Gasteiger partial charge in [-0.1, -0.05) is 30.3 Å². The fraction of sp³-hybridized carbons (Fsp3) is 0.227. The van der Waals surface area contributed by atoms with Crippen molar-refractivity contribution in [2.24, 2.45) is 0 Å². The van der Waals surface area contributed by atoms with Crippen LogP contribution in [0, 0.1) is 0 Å². The van der Waals surface area contributed by atoms with Gasteiger partial charge in [-0.3, -0.25) is 19.3 Å². The number of benzene rings is 2. The molecule has 3 aromatic rings. The van der Waals surface area contributed by atoms with Crippen molar-refractivity contribution in [3.8, 4) is 0 Å². The molecular formula is C22H19N3O3. The van der Waals surface area contributed by atoms with Crippen molar-refractivity contribution in [3.05, 3.63) is 70.9 Å². The lowest BCUT2D eigenvalue weighted by molar-refractivity contribution is -0.131. The van der Waals surface area contributed by atoms with E-state index in [1.807, 2.05) is 12.1 Å². The molecule has 0 fully saturated rings. The Balaban J connectivity index is 1.32. The third-order valence-electron chi connectivity index (χ3n) is 5.69. The Bertz CT molecular complexity index is 1100. The highest BCUT2D eigenvalue weighted by Crippen LogP contribution is 2.26. The minimum absolute atomic E-state index is 0.191. The zero-order chi connectivity index (χ0) is 19.3. The van der Waals surface area contributed by atoms with Gasteiger partial charge in [-0.2, -0.15) is 0 Å². The second kappa shape index (κ2) is 6.34. The number of hydrogen-bond donors (Lipinski definition) is 1. The number of carbonyl (C=O) groups excluding carboxylic acids is 3. The summed E-state index contributed by atoms with van der Waals surface area (Å²) in [6.07, 6.45) is 1.49. The second-order valence-electron chi connectivity index (χ2n) is 7.25. The lowest BCUT2D eigenvalue weighted by Gasteiger charge is -2.23. The van der Waals surface area contributed by atoms with Gasteiger partial charge >= 0.3 is 0 Å². The lowest BCUT2D eigenvalue weighted by atomic mass is 10.1. The molecule has 3 amide bonds. The van der Waals surface area contributed by atoms with Crippen molar-refractivity contribution >= 4 is 28.6 Å².